The lowest BCUT2D eigenvalue weighted by atomic mass is 10.1. The normalized spacial score (nSPS) is 12.0. The zero-order valence-electron chi connectivity index (χ0n) is 7.85. The van der Waals surface area contributed by atoms with Crippen molar-refractivity contribution in [3.63, 3.8) is 0 Å². The molecular weight excluding hydrogens is 241 g/mol. The van der Waals surface area contributed by atoms with E-state index in [2.05, 4.69) is 4.98 Å². The maximum atomic E-state index is 12.6. The number of anilines is 1. The van der Waals surface area contributed by atoms with Crippen LogP contribution in [-0.4, -0.2) is 4.98 Å². The molecule has 6 heteroatoms. The molecule has 16 heavy (non-hydrogen) atoms. The van der Waals surface area contributed by atoms with E-state index in [9.17, 15) is 13.2 Å². The number of benzene rings is 1. The maximum absolute atomic E-state index is 12.6. The highest BCUT2D eigenvalue weighted by Gasteiger charge is 2.33. The van der Waals surface area contributed by atoms with E-state index >= 15 is 0 Å². The summed E-state index contributed by atoms with van der Waals surface area (Å²) >= 11 is 5.61. The lowest BCUT2D eigenvalue weighted by molar-refractivity contribution is -0.136. The molecule has 0 aliphatic carbocycles. The molecule has 1 aromatic carbocycles. The topological polar surface area (TPSA) is 38.9 Å². The number of nitrogens with zero attached hydrogens (tertiary/aromatic N) is 1. The molecule has 0 spiro atoms. The number of para-hydroxylation sites is 1. The van der Waals surface area contributed by atoms with Crippen molar-refractivity contribution in [1.82, 2.24) is 4.98 Å². The third-order valence-electron chi connectivity index (χ3n) is 2.13. The van der Waals surface area contributed by atoms with E-state index in [0.717, 1.165) is 6.07 Å². The monoisotopic (exact) mass is 246 g/mol. The summed E-state index contributed by atoms with van der Waals surface area (Å²) in [6.07, 6.45) is -4.45. The summed E-state index contributed by atoms with van der Waals surface area (Å²) in [6, 6.07) is 5.15. The molecule has 0 aliphatic rings. The van der Waals surface area contributed by atoms with Crippen LogP contribution in [0.4, 0.5) is 18.9 Å². The van der Waals surface area contributed by atoms with Crippen molar-refractivity contribution >= 4 is 28.2 Å². The summed E-state index contributed by atoms with van der Waals surface area (Å²) in [5, 5.41) is 0.195. The van der Waals surface area contributed by atoms with Crippen molar-refractivity contribution in [3.05, 3.63) is 35.0 Å². The Hall–Kier alpha value is -1.49. The van der Waals surface area contributed by atoms with Crippen molar-refractivity contribution in [1.29, 1.82) is 0 Å². The van der Waals surface area contributed by atoms with Gasteiger partial charge in [-0.3, -0.25) is 0 Å². The molecule has 2 nitrogen and oxygen atoms in total. The summed E-state index contributed by atoms with van der Waals surface area (Å²) < 4.78 is 37.9. The minimum Gasteiger partial charge on any atom is -0.396 e. The van der Waals surface area contributed by atoms with Crippen molar-refractivity contribution in [2.75, 3.05) is 5.73 Å². The molecule has 0 aliphatic heterocycles. The molecule has 0 saturated carbocycles. The molecule has 2 aromatic rings. The fourth-order valence-corrected chi connectivity index (χ4v) is 1.56. The molecule has 1 heterocycles. The Bertz CT molecular complexity index is 551. The third kappa shape index (κ3) is 1.78. The molecular formula is C10H6ClF3N2. The Morgan fingerprint density at radius 3 is 2.56 bits per heavy atom. The first-order valence-corrected chi connectivity index (χ1v) is 4.69. The third-order valence-corrected chi connectivity index (χ3v) is 2.43. The number of aromatic nitrogens is 1. The van der Waals surface area contributed by atoms with Crippen molar-refractivity contribution in [2.24, 2.45) is 0 Å². The Morgan fingerprint density at radius 2 is 1.94 bits per heavy atom. The first-order valence-electron chi connectivity index (χ1n) is 4.31. The molecule has 84 valence electrons. The SMILES string of the molecule is Nc1cc2cccc(C(F)(F)F)c2nc1Cl. The quantitative estimate of drug-likeness (QED) is 0.723. The molecule has 0 bridgehead atoms. The van der Waals surface area contributed by atoms with Gasteiger partial charge in [0.25, 0.3) is 0 Å². The largest absolute Gasteiger partial charge is 0.418 e. The van der Waals surface area contributed by atoms with Gasteiger partial charge in [0.15, 0.2) is 5.15 Å². The average molecular weight is 247 g/mol. The first-order chi connectivity index (χ1) is 7.39. The van der Waals surface area contributed by atoms with Crippen LogP contribution in [-0.2, 0) is 6.18 Å². The van der Waals surface area contributed by atoms with Crippen LogP contribution in [0, 0.1) is 0 Å². The maximum Gasteiger partial charge on any atom is 0.418 e. The molecule has 0 fully saturated rings. The van der Waals surface area contributed by atoms with Crippen LogP contribution in [0.2, 0.25) is 5.15 Å². The summed E-state index contributed by atoms with van der Waals surface area (Å²) in [6.45, 7) is 0. The van der Waals surface area contributed by atoms with Crippen LogP contribution in [0.1, 0.15) is 5.56 Å². The highest BCUT2D eigenvalue weighted by atomic mass is 35.5. The van der Waals surface area contributed by atoms with Gasteiger partial charge in [-0.05, 0) is 12.1 Å². The van der Waals surface area contributed by atoms with Gasteiger partial charge >= 0.3 is 6.18 Å². The van der Waals surface area contributed by atoms with Gasteiger partial charge in [-0.1, -0.05) is 23.7 Å². The Balaban J connectivity index is 2.82. The minimum atomic E-state index is -4.45. The van der Waals surface area contributed by atoms with E-state index in [0.29, 0.717) is 5.39 Å². The van der Waals surface area contributed by atoms with Gasteiger partial charge in [0.2, 0.25) is 0 Å². The number of nitrogen functional groups attached to an aromatic ring is 1. The Morgan fingerprint density at radius 1 is 1.25 bits per heavy atom. The number of nitrogens with two attached hydrogens (primary N) is 1. The highest BCUT2D eigenvalue weighted by molar-refractivity contribution is 6.32. The molecule has 0 radical (unpaired) electrons. The van der Waals surface area contributed by atoms with E-state index < -0.39 is 11.7 Å². The second-order valence-corrected chi connectivity index (χ2v) is 3.60. The van der Waals surface area contributed by atoms with E-state index in [1.54, 1.807) is 0 Å². The fraction of sp³-hybridized carbons (Fsp3) is 0.100. The average Bonchev–Trinajstić information content (AvgIpc) is 2.17. The van der Waals surface area contributed by atoms with E-state index in [-0.39, 0.29) is 16.4 Å². The molecule has 2 N–H and O–H groups in total. The number of fused-ring (bicyclic) bond motifs is 1. The zero-order valence-corrected chi connectivity index (χ0v) is 8.60. The number of rotatable bonds is 0. The number of pyridine rings is 1. The van der Waals surface area contributed by atoms with Gasteiger partial charge < -0.3 is 5.73 Å². The molecule has 0 atom stereocenters. The predicted octanol–water partition coefficient (Wildman–Crippen LogP) is 3.49. The van der Waals surface area contributed by atoms with Gasteiger partial charge in [0, 0.05) is 5.39 Å². The fourth-order valence-electron chi connectivity index (χ4n) is 1.42. The van der Waals surface area contributed by atoms with Gasteiger partial charge in [-0.2, -0.15) is 13.2 Å². The summed E-state index contributed by atoms with van der Waals surface area (Å²) in [7, 11) is 0. The number of hydrogen-bond acceptors (Lipinski definition) is 2. The predicted molar refractivity (Wildman–Crippen MR) is 56.2 cm³/mol. The molecule has 1 aromatic heterocycles. The number of hydrogen-bond donors (Lipinski definition) is 1. The zero-order chi connectivity index (χ0) is 11.9. The van der Waals surface area contributed by atoms with Crippen molar-refractivity contribution in [3.8, 4) is 0 Å². The number of halogens is 4. The summed E-state index contributed by atoms with van der Waals surface area (Å²) in [5.41, 5.74) is 4.63. The molecule has 0 unspecified atom stereocenters. The van der Waals surface area contributed by atoms with Gasteiger partial charge in [0.05, 0.1) is 16.8 Å². The highest BCUT2D eigenvalue weighted by Crippen LogP contribution is 2.35. The van der Waals surface area contributed by atoms with E-state index in [4.69, 9.17) is 17.3 Å². The van der Waals surface area contributed by atoms with Crippen molar-refractivity contribution < 1.29 is 13.2 Å². The van der Waals surface area contributed by atoms with Crippen LogP contribution in [0.3, 0.4) is 0 Å². The molecule has 0 saturated heterocycles. The Kier molecular flexibility index (Phi) is 2.42. The lowest BCUT2D eigenvalue weighted by Crippen LogP contribution is -2.06. The van der Waals surface area contributed by atoms with Crippen LogP contribution in [0.25, 0.3) is 10.9 Å². The van der Waals surface area contributed by atoms with Crippen LogP contribution in [0.5, 0.6) is 0 Å². The van der Waals surface area contributed by atoms with Gasteiger partial charge in [0.1, 0.15) is 0 Å². The Labute approximate surface area is 93.8 Å². The van der Waals surface area contributed by atoms with E-state index in [1.807, 2.05) is 0 Å². The van der Waals surface area contributed by atoms with Crippen molar-refractivity contribution in [2.45, 2.75) is 6.18 Å². The van der Waals surface area contributed by atoms with Crippen LogP contribution >= 0.6 is 11.6 Å². The smallest absolute Gasteiger partial charge is 0.396 e. The second-order valence-electron chi connectivity index (χ2n) is 3.24. The number of alkyl halides is 3. The summed E-state index contributed by atoms with van der Waals surface area (Å²) in [5.74, 6) is 0. The van der Waals surface area contributed by atoms with Gasteiger partial charge in [-0.15, -0.1) is 0 Å². The first kappa shape index (κ1) is 11.0. The molecule has 0 amide bonds. The van der Waals surface area contributed by atoms with Gasteiger partial charge in [-0.25, -0.2) is 4.98 Å². The molecule has 2 rings (SSSR count). The van der Waals surface area contributed by atoms with E-state index in [1.165, 1.54) is 18.2 Å². The lowest BCUT2D eigenvalue weighted by Gasteiger charge is -2.10. The minimum absolute atomic E-state index is 0.121. The van der Waals surface area contributed by atoms with Crippen LogP contribution < -0.4 is 5.73 Å². The van der Waals surface area contributed by atoms with Crippen LogP contribution in [0.15, 0.2) is 24.3 Å². The summed E-state index contributed by atoms with van der Waals surface area (Å²) in [4.78, 5) is 3.66. The second kappa shape index (κ2) is 3.52. The standard InChI is InChI=1S/C10H6ClF3N2/c11-9-7(15)4-5-2-1-3-6(8(5)16-9)10(12,13)14/h1-4H,15H2.